The van der Waals surface area contributed by atoms with E-state index in [1.54, 1.807) is 24.3 Å². The number of ether oxygens (including phenoxy) is 1. The second-order valence-electron chi connectivity index (χ2n) is 6.11. The van der Waals surface area contributed by atoms with Gasteiger partial charge in [0.25, 0.3) is 10.0 Å². The SMILES string of the molecule is Cc1ccc(C(=O)COC(=O)c2ccc(NS(=O)(=O)c3ccc(Cl)s3)cc2)cc1. The summed E-state index contributed by atoms with van der Waals surface area (Å²) in [6.07, 6.45) is 0. The molecule has 1 heterocycles. The summed E-state index contributed by atoms with van der Waals surface area (Å²) >= 11 is 6.71. The number of nitrogens with one attached hydrogen (secondary N) is 1. The first-order valence-corrected chi connectivity index (χ1v) is 11.1. The topological polar surface area (TPSA) is 89.5 Å². The fraction of sp³-hybridized carbons (Fsp3) is 0.100. The molecule has 6 nitrogen and oxygen atoms in total. The maximum Gasteiger partial charge on any atom is 0.338 e. The van der Waals surface area contributed by atoms with Crippen LogP contribution in [0.5, 0.6) is 0 Å². The Morgan fingerprint density at radius 1 is 0.966 bits per heavy atom. The van der Waals surface area contributed by atoms with Gasteiger partial charge in [0.05, 0.1) is 9.90 Å². The number of ketones is 1. The van der Waals surface area contributed by atoms with Crippen LogP contribution in [0.2, 0.25) is 4.34 Å². The molecule has 0 amide bonds. The Bertz CT molecular complexity index is 1140. The summed E-state index contributed by atoms with van der Waals surface area (Å²) < 4.78 is 32.5. The van der Waals surface area contributed by atoms with E-state index in [4.69, 9.17) is 16.3 Å². The van der Waals surface area contributed by atoms with Crippen LogP contribution in [-0.4, -0.2) is 26.8 Å². The number of sulfonamides is 1. The normalized spacial score (nSPS) is 11.1. The zero-order valence-electron chi connectivity index (χ0n) is 15.2. The monoisotopic (exact) mass is 449 g/mol. The van der Waals surface area contributed by atoms with Crippen molar-refractivity contribution in [2.24, 2.45) is 0 Å². The molecule has 1 N–H and O–H groups in total. The van der Waals surface area contributed by atoms with Gasteiger partial charge in [0.15, 0.2) is 12.4 Å². The van der Waals surface area contributed by atoms with E-state index in [9.17, 15) is 18.0 Å². The molecule has 0 radical (unpaired) electrons. The van der Waals surface area contributed by atoms with Crippen molar-refractivity contribution in [3.05, 3.63) is 81.7 Å². The molecule has 9 heteroatoms. The van der Waals surface area contributed by atoms with Crippen LogP contribution in [0.15, 0.2) is 64.9 Å². The van der Waals surface area contributed by atoms with E-state index in [1.165, 1.54) is 36.4 Å². The molecule has 150 valence electrons. The van der Waals surface area contributed by atoms with Crippen molar-refractivity contribution >= 4 is 50.4 Å². The Kier molecular flexibility index (Phi) is 6.36. The third-order valence-electron chi connectivity index (χ3n) is 3.89. The summed E-state index contributed by atoms with van der Waals surface area (Å²) in [4.78, 5) is 24.2. The highest BCUT2D eigenvalue weighted by molar-refractivity contribution is 7.94. The van der Waals surface area contributed by atoms with Crippen LogP contribution in [0.4, 0.5) is 5.69 Å². The molecule has 0 saturated carbocycles. The first kappa shape index (κ1) is 21.0. The fourth-order valence-corrected chi connectivity index (χ4v) is 4.90. The van der Waals surface area contributed by atoms with Crippen molar-refractivity contribution in [1.29, 1.82) is 0 Å². The number of halogens is 1. The van der Waals surface area contributed by atoms with Gasteiger partial charge in [-0.05, 0) is 43.3 Å². The maximum absolute atomic E-state index is 12.3. The lowest BCUT2D eigenvalue weighted by Crippen LogP contribution is -2.14. The van der Waals surface area contributed by atoms with E-state index in [-0.39, 0.29) is 27.9 Å². The van der Waals surface area contributed by atoms with E-state index in [2.05, 4.69) is 4.72 Å². The van der Waals surface area contributed by atoms with Gasteiger partial charge in [0.2, 0.25) is 0 Å². The molecule has 3 aromatic rings. The third-order valence-corrected chi connectivity index (χ3v) is 7.00. The summed E-state index contributed by atoms with van der Waals surface area (Å²) in [6, 6.07) is 15.6. The fourth-order valence-electron chi connectivity index (χ4n) is 2.36. The second kappa shape index (κ2) is 8.77. The van der Waals surface area contributed by atoms with Gasteiger partial charge >= 0.3 is 5.97 Å². The summed E-state index contributed by atoms with van der Waals surface area (Å²) in [5.41, 5.74) is 1.96. The summed E-state index contributed by atoms with van der Waals surface area (Å²) in [6.45, 7) is 1.53. The zero-order chi connectivity index (χ0) is 21.0. The standard InChI is InChI=1S/C20H16ClNO5S2/c1-13-2-4-14(5-3-13)17(23)12-27-20(24)15-6-8-16(9-7-15)22-29(25,26)19-11-10-18(21)28-19/h2-11,22H,12H2,1H3. The number of carbonyl (C=O) groups excluding carboxylic acids is 2. The van der Waals surface area contributed by atoms with Gasteiger partial charge < -0.3 is 4.74 Å². The van der Waals surface area contributed by atoms with E-state index in [1.807, 2.05) is 6.92 Å². The number of benzene rings is 2. The maximum atomic E-state index is 12.3. The van der Waals surface area contributed by atoms with Gasteiger partial charge in [-0.15, -0.1) is 11.3 Å². The Morgan fingerprint density at radius 2 is 1.59 bits per heavy atom. The molecule has 0 spiro atoms. The number of carbonyl (C=O) groups is 2. The largest absolute Gasteiger partial charge is 0.454 e. The lowest BCUT2D eigenvalue weighted by atomic mass is 10.1. The molecular weight excluding hydrogens is 434 g/mol. The number of thiophene rings is 1. The summed E-state index contributed by atoms with van der Waals surface area (Å²) in [5.74, 6) is -0.984. The van der Waals surface area contributed by atoms with Crippen molar-refractivity contribution in [2.75, 3.05) is 11.3 Å². The van der Waals surface area contributed by atoms with Crippen molar-refractivity contribution in [2.45, 2.75) is 11.1 Å². The average molecular weight is 450 g/mol. The highest BCUT2D eigenvalue weighted by atomic mass is 35.5. The molecule has 0 aliphatic carbocycles. The molecule has 0 saturated heterocycles. The third kappa shape index (κ3) is 5.44. The number of hydrogen-bond acceptors (Lipinski definition) is 6. The van der Waals surface area contributed by atoms with Crippen molar-refractivity contribution in [3.8, 4) is 0 Å². The Labute approximate surface area is 177 Å². The van der Waals surface area contributed by atoms with Gasteiger partial charge in [-0.25, -0.2) is 13.2 Å². The van der Waals surface area contributed by atoms with E-state index < -0.39 is 16.0 Å². The average Bonchev–Trinajstić information content (AvgIpc) is 3.14. The highest BCUT2D eigenvalue weighted by Crippen LogP contribution is 2.27. The van der Waals surface area contributed by atoms with Crippen LogP contribution in [-0.2, 0) is 14.8 Å². The summed E-state index contributed by atoms with van der Waals surface area (Å²) in [5, 5.41) is 0. The molecule has 0 aliphatic heterocycles. The molecule has 3 rings (SSSR count). The van der Waals surface area contributed by atoms with Gasteiger partial charge in [0, 0.05) is 11.3 Å². The molecule has 29 heavy (non-hydrogen) atoms. The lowest BCUT2D eigenvalue weighted by molar-refractivity contribution is 0.0475. The minimum Gasteiger partial charge on any atom is -0.454 e. The van der Waals surface area contributed by atoms with E-state index in [0.29, 0.717) is 9.90 Å². The van der Waals surface area contributed by atoms with Crippen molar-refractivity contribution in [3.63, 3.8) is 0 Å². The zero-order valence-corrected chi connectivity index (χ0v) is 17.6. The molecule has 0 aliphatic rings. The van der Waals surface area contributed by atoms with E-state index in [0.717, 1.165) is 16.9 Å². The molecule has 0 unspecified atom stereocenters. The second-order valence-corrected chi connectivity index (χ2v) is 9.73. The predicted molar refractivity (Wildman–Crippen MR) is 112 cm³/mol. The predicted octanol–water partition coefficient (Wildman–Crippen LogP) is 4.55. The Hall–Kier alpha value is -2.68. The molecule has 0 bridgehead atoms. The first-order chi connectivity index (χ1) is 13.7. The Morgan fingerprint density at radius 3 is 2.17 bits per heavy atom. The number of Topliss-reactive ketones (excluding diaryl/α,β-unsaturated/α-hetero) is 1. The highest BCUT2D eigenvalue weighted by Gasteiger charge is 2.17. The number of hydrogen-bond donors (Lipinski definition) is 1. The number of aryl methyl sites for hydroxylation is 1. The molecule has 0 fully saturated rings. The van der Waals surface area contributed by atoms with Gasteiger partial charge in [-0.3, -0.25) is 9.52 Å². The van der Waals surface area contributed by atoms with Crippen LogP contribution >= 0.6 is 22.9 Å². The van der Waals surface area contributed by atoms with E-state index >= 15 is 0 Å². The quantitative estimate of drug-likeness (QED) is 0.422. The van der Waals surface area contributed by atoms with Crippen LogP contribution in [0, 0.1) is 6.92 Å². The van der Waals surface area contributed by atoms with Crippen LogP contribution in [0.25, 0.3) is 0 Å². The van der Waals surface area contributed by atoms with Crippen molar-refractivity contribution < 1.29 is 22.7 Å². The lowest BCUT2D eigenvalue weighted by Gasteiger charge is -2.08. The van der Waals surface area contributed by atoms with Crippen LogP contribution in [0.1, 0.15) is 26.3 Å². The first-order valence-electron chi connectivity index (χ1n) is 8.40. The molecular formula is C20H16ClNO5S2. The van der Waals surface area contributed by atoms with Crippen molar-refractivity contribution in [1.82, 2.24) is 0 Å². The molecule has 2 aromatic carbocycles. The molecule has 1 aromatic heterocycles. The smallest absolute Gasteiger partial charge is 0.338 e. The van der Waals surface area contributed by atoms with Gasteiger partial charge in [-0.2, -0.15) is 0 Å². The number of esters is 1. The van der Waals surface area contributed by atoms with Gasteiger partial charge in [0.1, 0.15) is 4.21 Å². The minimum atomic E-state index is -3.76. The van der Waals surface area contributed by atoms with Crippen LogP contribution in [0.3, 0.4) is 0 Å². The number of anilines is 1. The minimum absolute atomic E-state index is 0.0839. The van der Waals surface area contributed by atoms with Crippen LogP contribution < -0.4 is 4.72 Å². The van der Waals surface area contributed by atoms with Gasteiger partial charge in [-0.1, -0.05) is 41.4 Å². The summed E-state index contributed by atoms with van der Waals surface area (Å²) in [7, 11) is -3.76. The Balaban J connectivity index is 1.60. The molecule has 0 atom stereocenters. The number of rotatable bonds is 7.